The molecule has 2 aliphatic rings. The van der Waals surface area contributed by atoms with Crippen molar-refractivity contribution < 1.29 is 9.18 Å². The summed E-state index contributed by atoms with van der Waals surface area (Å²) < 4.78 is 13.8. The maximum absolute atomic E-state index is 13.8. The highest BCUT2D eigenvalue weighted by Gasteiger charge is 2.39. The molecule has 3 aromatic rings. The van der Waals surface area contributed by atoms with Gasteiger partial charge in [-0.3, -0.25) is 4.79 Å². The number of hydrogen-bond acceptors (Lipinski definition) is 10. The Morgan fingerprint density at radius 1 is 1.18 bits per heavy atom. The van der Waals surface area contributed by atoms with Gasteiger partial charge in [0.15, 0.2) is 0 Å². The Morgan fingerprint density at radius 2 is 1.91 bits per heavy atom. The minimum absolute atomic E-state index is 0.119. The number of carbonyl (C=O) groups is 1. The van der Waals surface area contributed by atoms with Crippen LogP contribution in [0.1, 0.15) is 60.2 Å². The van der Waals surface area contributed by atoms with Gasteiger partial charge in [-0.25, -0.2) is 9.37 Å². The molecular formula is C21H25FN8OS2. The van der Waals surface area contributed by atoms with Crippen LogP contribution in [-0.2, 0) is 11.2 Å². The molecule has 174 valence electrons. The van der Waals surface area contributed by atoms with Crippen LogP contribution < -0.4 is 16.0 Å². The van der Waals surface area contributed by atoms with E-state index >= 15 is 0 Å². The summed E-state index contributed by atoms with van der Waals surface area (Å²) in [5.74, 6) is 1.11. The van der Waals surface area contributed by atoms with E-state index in [0.29, 0.717) is 40.8 Å². The van der Waals surface area contributed by atoms with E-state index in [-0.39, 0.29) is 18.2 Å². The molecular weight excluding hydrogens is 463 g/mol. The number of amides is 1. The summed E-state index contributed by atoms with van der Waals surface area (Å²) in [6.45, 7) is 2.21. The van der Waals surface area contributed by atoms with Crippen LogP contribution in [0.5, 0.6) is 0 Å². The first-order chi connectivity index (χ1) is 15.8. The summed E-state index contributed by atoms with van der Waals surface area (Å²) in [5, 5.41) is 22.4. The topological polar surface area (TPSA) is 123 Å². The number of nitrogens with zero attached hydrogens (tertiary/aromatic N) is 6. The molecule has 2 fully saturated rings. The quantitative estimate of drug-likeness (QED) is 0.540. The molecule has 33 heavy (non-hydrogen) atoms. The zero-order valence-corrected chi connectivity index (χ0v) is 19.8. The number of nitrogen functional groups attached to an aromatic ring is 1. The first-order valence-electron chi connectivity index (χ1n) is 11.0. The first-order valence-corrected chi connectivity index (χ1v) is 12.6. The molecule has 0 spiro atoms. The molecule has 3 N–H and O–H groups in total. The predicted octanol–water partition coefficient (Wildman–Crippen LogP) is 3.54. The molecule has 1 amide bonds. The van der Waals surface area contributed by atoms with Gasteiger partial charge in [-0.05, 0) is 38.3 Å². The standard InChI is InChI=1S/C21H25FN8OS2/c1-21(22)10-30(11-21)15-7-3-6-14(24-15)9-16(31)25-20-29-27-18(33-20)13-5-2-4-12(8-13)17-26-28-19(23)32-17/h3,6-7,12-13H,2,4-5,8-11H2,1H3,(H2,23,28)(H,25,29,31)/t12-,13-/m0/s1. The van der Waals surface area contributed by atoms with Gasteiger partial charge in [-0.1, -0.05) is 35.2 Å². The number of carbonyl (C=O) groups excluding carboxylic acids is 1. The summed E-state index contributed by atoms with van der Waals surface area (Å²) in [6, 6.07) is 5.47. The summed E-state index contributed by atoms with van der Waals surface area (Å²) in [5.41, 5.74) is 5.20. The van der Waals surface area contributed by atoms with Gasteiger partial charge in [0.2, 0.25) is 16.2 Å². The van der Waals surface area contributed by atoms with Crippen molar-refractivity contribution in [3.63, 3.8) is 0 Å². The molecule has 4 heterocycles. The summed E-state index contributed by atoms with van der Waals surface area (Å²) in [4.78, 5) is 18.9. The number of halogens is 1. The zero-order valence-electron chi connectivity index (χ0n) is 18.2. The van der Waals surface area contributed by atoms with Crippen LogP contribution in [0.25, 0.3) is 0 Å². The van der Waals surface area contributed by atoms with Crippen LogP contribution in [0.15, 0.2) is 18.2 Å². The minimum atomic E-state index is -1.17. The van der Waals surface area contributed by atoms with Crippen LogP contribution in [-0.4, -0.2) is 50.0 Å². The number of nitrogens with one attached hydrogen (secondary N) is 1. The third kappa shape index (κ3) is 5.11. The largest absolute Gasteiger partial charge is 0.374 e. The van der Waals surface area contributed by atoms with E-state index < -0.39 is 5.67 Å². The molecule has 1 aliphatic carbocycles. The van der Waals surface area contributed by atoms with Crippen molar-refractivity contribution in [1.29, 1.82) is 0 Å². The summed E-state index contributed by atoms with van der Waals surface area (Å²) in [7, 11) is 0. The lowest BCUT2D eigenvalue weighted by atomic mass is 9.82. The number of alkyl halides is 1. The number of pyridine rings is 1. The maximum atomic E-state index is 13.8. The fourth-order valence-electron chi connectivity index (χ4n) is 4.48. The SMILES string of the molecule is CC1(F)CN(c2cccc(CC(=O)Nc3nnc([C@H]4CCC[C@H](c5nnc(N)s5)C4)s3)n2)C1. The van der Waals surface area contributed by atoms with E-state index in [4.69, 9.17) is 5.73 Å². The second kappa shape index (κ2) is 8.90. The van der Waals surface area contributed by atoms with E-state index in [1.54, 1.807) is 13.0 Å². The van der Waals surface area contributed by atoms with Crippen molar-refractivity contribution in [3.05, 3.63) is 33.9 Å². The van der Waals surface area contributed by atoms with E-state index in [0.717, 1.165) is 35.7 Å². The number of anilines is 3. The smallest absolute Gasteiger partial charge is 0.232 e. The molecule has 0 radical (unpaired) electrons. The molecule has 5 rings (SSSR count). The molecule has 12 heteroatoms. The maximum Gasteiger partial charge on any atom is 0.232 e. The van der Waals surface area contributed by atoms with Gasteiger partial charge in [0, 0.05) is 11.8 Å². The Hall–Kier alpha value is -2.73. The van der Waals surface area contributed by atoms with Crippen LogP contribution >= 0.6 is 22.7 Å². The highest BCUT2D eigenvalue weighted by molar-refractivity contribution is 7.15. The number of hydrogen-bond donors (Lipinski definition) is 2. The van der Waals surface area contributed by atoms with Gasteiger partial charge < -0.3 is 16.0 Å². The Bertz CT molecular complexity index is 1140. The first kappa shape index (κ1) is 22.1. The molecule has 0 unspecified atom stereocenters. The fraction of sp³-hybridized carbons (Fsp3) is 0.524. The van der Waals surface area contributed by atoms with Crippen LogP contribution in [0.2, 0.25) is 0 Å². The second-order valence-electron chi connectivity index (χ2n) is 8.97. The molecule has 1 saturated carbocycles. The predicted molar refractivity (Wildman–Crippen MR) is 126 cm³/mol. The molecule has 2 atom stereocenters. The van der Waals surface area contributed by atoms with Crippen LogP contribution in [0, 0.1) is 0 Å². The third-order valence-electron chi connectivity index (χ3n) is 6.01. The van der Waals surface area contributed by atoms with Gasteiger partial charge in [0.05, 0.1) is 25.2 Å². The van der Waals surface area contributed by atoms with E-state index in [9.17, 15) is 9.18 Å². The van der Waals surface area contributed by atoms with Gasteiger partial charge in [-0.15, -0.1) is 20.4 Å². The van der Waals surface area contributed by atoms with Crippen LogP contribution in [0.4, 0.5) is 20.5 Å². The lowest BCUT2D eigenvalue weighted by molar-refractivity contribution is -0.115. The van der Waals surface area contributed by atoms with E-state index in [1.165, 1.54) is 22.7 Å². The van der Waals surface area contributed by atoms with E-state index in [1.807, 2.05) is 17.0 Å². The van der Waals surface area contributed by atoms with Crippen molar-refractivity contribution in [2.75, 3.05) is 29.0 Å². The lowest BCUT2D eigenvalue weighted by Crippen LogP contribution is -2.57. The summed E-state index contributed by atoms with van der Waals surface area (Å²) in [6.07, 6.45) is 4.24. The average molecular weight is 489 g/mol. The number of rotatable bonds is 6. The number of aromatic nitrogens is 5. The van der Waals surface area contributed by atoms with Crippen molar-refractivity contribution in [3.8, 4) is 0 Å². The van der Waals surface area contributed by atoms with Crippen LogP contribution in [0.3, 0.4) is 0 Å². The normalized spacial score (nSPS) is 22.1. The molecule has 3 aromatic heterocycles. The highest BCUT2D eigenvalue weighted by atomic mass is 32.1. The van der Waals surface area contributed by atoms with Gasteiger partial charge in [-0.2, -0.15) is 0 Å². The van der Waals surface area contributed by atoms with E-state index in [2.05, 4.69) is 30.7 Å². The highest BCUT2D eigenvalue weighted by Crippen LogP contribution is 2.43. The third-order valence-corrected chi connectivity index (χ3v) is 7.93. The molecule has 1 aliphatic heterocycles. The molecule has 0 bridgehead atoms. The van der Waals surface area contributed by atoms with Gasteiger partial charge in [0.1, 0.15) is 21.5 Å². The van der Waals surface area contributed by atoms with Gasteiger partial charge in [0.25, 0.3) is 0 Å². The summed E-state index contributed by atoms with van der Waals surface area (Å²) >= 11 is 2.87. The van der Waals surface area contributed by atoms with Gasteiger partial charge >= 0.3 is 0 Å². The second-order valence-corrected chi connectivity index (χ2v) is 11.0. The van der Waals surface area contributed by atoms with Crippen molar-refractivity contribution in [1.82, 2.24) is 25.4 Å². The Labute approximate surface area is 198 Å². The van der Waals surface area contributed by atoms with Crippen molar-refractivity contribution >= 4 is 44.7 Å². The minimum Gasteiger partial charge on any atom is -0.374 e. The Morgan fingerprint density at radius 3 is 2.61 bits per heavy atom. The Kier molecular flexibility index (Phi) is 5.95. The molecule has 1 saturated heterocycles. The Balaban J connectivity index is 1.17. The monoisotopic (exact) mass is 488 g/mol. The molecule has 0 aromatic carbocycles. The molecule has 9 nitrogen and oxygen atoms in total. The average Bonchev–Trinajstić information content (AvgIpc) is 3.41. The zero-order chi connectivity index (χ0) is 23.0. The van der Waals surface area contributed by atoms with Crippen molar-refractivity contribution in [2.45, 2.75) is 56.5 Å². The van der Waals surface area contributed by atoms with Crippen molar-refractivity contribution in [2.24, 2.45) is 0 Å². The fourth-order valence-corrected chi connectivity index (χ4v) is 6.15. The number of nitrogens with two attached hydrogens (primary N) is 1. The lowest BCUT2D eigenvalue weighted by Gasteiger charge is -2.43.